The molecule has 0 atom stereocenters. The molecule has 1 aromatic rings. The zero-order valence-electron chi connectivity index (χ0n) is 9.75. The van der Waals surface area contributed by atoms with Crippen molar-refractivity contribution in [3.05, 3.63) is 27.7 Å². The van der Waals surface area contributed by atoms with E-state index < -0.39 is 0 Å². The summed E-state index contributed by atoms with van der Waals surface area (Å²) in [5.41, 5.74) is 1.30. The van der Waals surface area contributed by atoms with E-state index in [1.54, 1.807) is 17.0 Å². The number of aryl methyl sites for hydroxylation is 1. The van der Waals surface area contributed by atoms with Crippen molar-refractivity contribution in [1.82, 2.24) is 4.90 Å². The van der Waals surface area contributed by atoms with Gasteiger partial charge in [-0.1, -0.05) is 0 Å². The molecule has 0 aliphatic carbocycles. The Morgan fingerprint density at radius 3 is 2.44 bits per heavy atom. The summed E-state index contributed by atoms with van der Waals surface area (Å²) < 4.78 is 0.558. The van der Waals surface area contributed by atoms with Crippen LogP contribution >= 0.6 is 15.9 Å². The molecule has 0 spiro atoms. The van der Waals surface area contributed by atoms with E-state index in [-0.39, 0.29) is 11.7 Å². The van der Waals surface area contributed by atoms with E-state index in [0.29, 0.717) is 23.1 Å². The zero-order valence-corrected chi connectivity index (χ0v) is 11.3. The molecule has 0 aliphatic heterocycles. The highest BCUT2D eigenvalue weighted by Crippen LogP contribution is 2.30. The molecule has 1 rings (SSSR count). The Bertz CT molecular complexity index is 400. The van der Waals surface area contributed by atoms with Gasteiger partial charge in [0.15, 0.2) is 0 Å². The van der Waals surface area contributed by atoms with Crippen molar-refractivity contribution >= 4 is 21.8 Å². The molecular weight excluding hydrogens is 270 g/mol. The molecule has 4 heteroatoms. The van der Waals surface area contributed by atoms with Crippen LogP contribution < -0.4 is 0 Å². The minimum absolute atomic E-state index is 0.0162. The van der Waals surface area contributed by atoms with E-state index in [2.05, 4.69) is 15.9 Å². The number of carbonyl (C=O) groups excluding carboxylic acids is 1. The zero-order chi connectivity index (χ0) is 12.3. The van der Waals surface area contributed by atoms with Gasteiger partial charge < -0.3 is 10.0 Å². The summed E-state index contributed by atoms with van der Waals surface area (Å²) in [7, 11) is 0. The summed E-state index contributed by atoms with van der Waals surface area (Å²) >= 11 is 3.24. The Morgan fingerprint density at radius 2 is 1.94 bits per heavy atom. The summed E-state index contributed by atoms with van der Waals surface area (Å²) in [5, 5.41) is 9.84. The normalized spacial score (nSPS) is 10.2. The van der Waals surface area contributed by atoms with Gasteiger partial charge in [-0.15, -0.1) is 0 Å². The Morgan fingerprint density at radius 1 is 1.38 bits per heavy atom. The van der Waals surface area contributed by atoms with Crippen molar-refractivity contribution < 1.29 is 9.90 Å². The molecule has 0 saturated heterocycles. The standard InChI is InChI=1S/C12H16BrNO2/c1-4-14(5-2)12(16)9-6-8(3)7-10(13)11(9)15/h6-7,15H,4-5H2,1-3H3. The highest BCUT2D eigenvalue weighted by atomic mass is 79.9. The molecule has 16 heavy (non-hydrogen) atoms. The van der Waals surface area contributed by atoms with E-state index in [9.17, 15) is 9.90 Å². The van der Waals surface area contributed by atoms with Crippen LogP contribution in [0.4, 0.5) is 0 Å². The second-order valence-corrected chi connectivity index (χ2v) is 4.47. The Kier molecular flexibility index (Phi) is 4.35. The summed E-state index contributed by atoms with van der Waals surface area (Å²) in [6.45, 7) is 7.01. The summed E-state index contributed by atoms with van der Waals surface area (Å²) in [5.74, 6) is -0.116. The van der Waals surface area contributed by atoms with Crippen molar-refractivity contribution in [3.8, 4) is 5.75 Å². The maximum absolute atomic E-state index is 12.1. The second kappa shape index (κ2) is 5.34. The minimum atomic E-state index is -0.132. The maximum atomic E-state index is 12.1. The molecule has 0 heterocycles. The lowest BCUT2D eigenvalue weighted by Gasteiger charge is -2.19. The van der Waals surface area contributed by atoms with Crippen molar-refractivity contribution in [3.63, 3.8) is 0 Å². The van der Waals surface area contributed by atoms with Gasteiger partial charge in [-0.2, -0.15) is 0 Å². The lowest BCUT2D eigenvalue weighted by Crippen LogP contribution is -2.30. The highest BCUT2D eigenvalue weighted by Gasteiger charge is 2.18. The quantitative estimate of drug-likeness (QED) is 0.928. The molecular formula is C12H16BrNO2. The van der Waals surface area contributed by atoms with Gasteiger partial charge >= 0.3 is 0 Å². The third-order valence-corrected chi connectivity index (χ3v) is 3.09. The van der Waals surface area contributed by atoms with Crippen LogP contribution in [0.2, 0.25) is 0 Å². The third kappa shape index (κ3) is 2.55. The van der Waals surface area contributed by atoms with Gasteiger partial charge in [-0.05, 0) is 54.4 Å². The first kappa shape index (κ1) is 13.0. The van der Waals surface area contributed by atoms with E-state index in [1.165, 1.54) is 0 Å². The second-order valence-electron chi connectivity index (χ2n) is 3.62. The molecule has 1 amide bonds. The van der Waals surface area contributed by atoms with E-state index >= 15 is 0 Å². The maximum Gasteiger partial charge on any atom is 0.257 e. The average molecular weight is 286 g/mol. The smallest absolute Gasteiger partial charge is 0.257 e. The van der Waals surface area contributed by atoms with Crippen LogP contribution in [0.1, 0.15) is 29.8 Å². The van der Waals surface area contributed by atoms with Gasteiger partial charge in [0.05, 0.1) is 10.0 Å². The number of halogens is 1. The SMILES string of the molecule is CCN(CC)C(=O)c1cc(C)cc(Br)c1O. The fourth-order valence-electron chi connectivity index (χ4n) is 1.58. The van der Waals surface area contributed by atoms with Gasteiger partial charge in [0, 0.05) is 13.1 Å². The van der Waals surface area contributed by atoms with Crippen LogP contribution in [-0.4, -0.2) is 29.0 Å². The monoisotopic (exact) mass is 285 g/mol. The topological polar surface area (TPSA) is 40.5 Å². The van der Waals surface area contributed by atoms with Gasteiger partial charge in [0.25, 0.3) is 5.91 Å². The number of nitrogens with zero attached hydrogens (tertiary/aromatic N) is 1. The van der Waals surface area contributed by atoms with Crippen molar-refractivity contribution in [2.75, 3.05) is 13.1 Å². The first-order chi connectivity index (χ1) is 7.51. The molecule has 0 saturated carbocycles. The van der Waals surface area contributed by atoms with Crippen LogP contribution in [-0.2, 0) is 0 Å². The highest BCUT2D eigenvalue weighted by molar-refractivity contribution is 9.10. The van der Waals surface area contributed by atoms with Crippen molar-refractivity contribution in [2.45, 2.75) is 20.8 Å². The first-order valence-corrected chi connectivity index (χ1v) is 6.08. The lowest BCUT2D eigenvalue weighted by molar-refractivity contribution is 0.0769. The Labute approximate surface area is 104 Å². The fraction of sp³-hybridized carbons (Fsp3) is 0.417. The lowest BCUT2D eigenvalue weighted by atomic mass is 10.1. The van der Waals surface area contributed by atoms with Crippen LogP contribution in [0.15, 0.2) is 16.6 Å². The van der Waals surface area contributed by atoms with Crippen LogP contribution in [0.3, 0.4) is 0 Å². The number of carbonyl (C=O) groups is 1. The summed E-state index contributed by atoms with van der Waals surface area (Å²) in [6, 6.07) is 3.50. The fourth-order valence-corrected chi connectivity index (χ4v) is 2.15. The molecule has 1 aromatic carbocycles. The number of phenolic OH excluding ortho intramolecular Hbond substituents is 1. The van der Waals surface area contributed by atoms with Crippen LogP contribution in [0.5, 0.6) is 5.75 Å². The molecule has 0 bridgehead atoms. The van der Waals surface area contributed by atoms with Crippen molar-refractivity contribution in [1.29, 1.82) is 0 Å². The minimum Gasteiger partial charge on any atom is -0.506 e. The number of hydrogen-bond acceptors (Lipinski definition) is 2. The molecule has 0 aliphatic rings. The van der Waals surface area contributed by atoms with Gasteiger partial charge in [0.1, 0.15) is 5.75 Å². The summed E-state index contributed by atoms with van der Waals surface area (Å²) in [6.07, 6.45) is 0. The molecule has 0 aromatic heterocycles. The van der Waals surface area contributed by atoms with E-state index in [0.717, 1.165) is 5.56 Å². The third-order valence-electron chi connectivity index (χ3n) is 2.49. The average Bonchev–Trinajstić information content (AvgIpc) is 2.24. The van der Waals surface area contributed by atoms with E-state index in [4.69, 9.17) is 0 Å². The predicted molar refractivity (Wildman–Crippen MR) is 67.8 cm³/mol. The number of phenols is 1. The molecule has 1 N–H and O–H groups in total. The van der Waals surface area contributed by atoms with Gasteiger partial charge in [0.2, 0.25) is 0 Å². The molecule has 3 nitrogen and oxygen atoms in total. The number of hydrogen-bond donors (Lipinski definition) is 1. The number of rotatable bonds is 3. The summed E-state index contributed by atoms with van der Waals surface area (Å²) in [4.78, 5) is 13.8. The van der Waals surface area contributed by atoms with E-state index in [1.807, 2.05) is 20.8 Å². The van der Waals surface area contributed by atoms with Crippen LogP contribution in [0.25, 0.3) is 0 Å². The molecule has 0 fully saturated rings. The van der Waals surface area contributed by atoms with Gasteiger partial charge in [-0.25, -0.2) is 0 Å². The number of amides is 1. The Hall–Kier alpha value is -1.03. The molecule has 0 unspecified atom stereocenters. The van der Waals surface area contributed by atoms with Crippen LogP contribution in [0, 0.1) is 6.92 Å². The molecule has 0 radical (unpaired) electrons. The first-order valence-electron chi connectivity index (χ1n) is 5.29. The Balaban J connectivity index is 3.17. The number of benzene rings is 1. The van der Waals surface area contributed by atoms with Crippen molar-refractivity contribution in [2.24, 2.45) is 0 Å². The largest absolute Gasteiger partial charge is 0.506 e. The predicted octanol–water partition coefficient (Wildman–Crippen LogP) is 2.95. The number of aromatic hydroxyl groups is 1. The molecule has 88 valence electrons. The van der Waals surface area contributed by atoms with Gasteiger partial charge in [-0.3, -0.25) is 4.79 Å².